The molecule has 0 radical (unpaired) electrons. The zero-order valence-electron chi connectivity index (χ0n) is 11.5. The van der Waals surface area contributed by atoms with Crippen molar-refractivity contribution in [2.24, 2.45) is 23.5 Å². The highest BCUT2D eigenvalue weighted by molar-refractivity contribution is 5.85. The van der Waals surface area contributed by atoms with Gasteiger partial charge in [0.15, 0.2) is 0 Å². The van der Waals surface area contributed by atoms with Gasteiger partial charge in [-0.1, -0.05) is 19.3 Å². The summed E-state index contributed by atoms with van der Waals surface area (Å²) in [4.78, 5) is 25.9. The van der Waals surface area contributed by atoms with Crippen LogP contribution in [0.1, 0.15) is 51.4 Å². The number of primary amides is 1. The molecule has 2 N–H and O–H groups in total. The summed E-state index contributed by atoms with van der Waals surface area (Å²) in [5.41, 5.74) is 5.34. The summed E-state index contributed by atoms with van der Waals surface area (Å²) in [5.74, 6) is 1.37. The van der Waals surface area contributed by atoms with E-state index in [0.717, 1.165) is 25.2 Å². The third kappa shape index (κ3) is 2.49. The van der Waals surface area contributed by atoms with E-state index in [2.05, 4.69) is 0 Å². The van der Waals surface area contributed by atoms with Crippen molar-refractivity contribution < 1.29 is 9.59 Å². The van der Waals surface area contributed by atoms with E-state index in [1.165, 1.54) is 32.1 Å². The lowest BCUT2D eigenvalue weighted by atomic mass is 9.87. The Morgan fingerprint density at radius 2 is 1.79 bits per heavy atom. The van der Waals surface area contributed by atoms with Gasteiger partial charge in [-0.25, -0.2) is 0 Å². The predicted octanol–water partition coefficient (Wildman–Crippen LogP) is 1.68. The molecule has 0 aromatic heterocycles. The van der Waals surface area contributed by atoms with Gasteiger partial charge in [0.1, 0.15) is 0 Å². The lowest BCUT2D eigenvalue weighted by Crippen LogP contribution is -2.47. The van der Waals surface area contributed by atoms with Gasteiger partial charge in [0.2, 0.25) is 11.8 Å². The van der Waals surface area contributed by atoms with E-state index in [9.17, 15) is 9.59 Å². The lowest BCUT2D eigenvalue weighted by Gasteiger charge is -2.33. The molecule has 0 aromatic rings. The van der Waals surface area contributed by atoms with Crippen LogP contribution in [0.5, 0.6) is 0 Å². The van der Waals surface area contributed by atoms with E-state index in [1.54, 1.807) is 0 Å². The highest BCUT2D eigenvalue weighted by atomic mass is 16.2. The molecule has 19 heavy (non-hydrogen) atoms. The number of carbonyl (C=O) groups excluding carboxylic acids is 2. The Morgan fingerprint density at radius 1 is 1.05 bits per heavy atom. The van der Waals surface area contributed by atoms with Crippen molar-refractivity contribution >= 4 is 11.8 Å². The third-order valence-corrected chi connectivity index (χ3v) is 5.43. The average Bonchev–Trinajstić information content (AvgIpc) is 3.10. The number of amides is 2. The van der Waals surface area contributed by atoms with Crippen LogP contribution in [0.3, 0.4) is 0 Å². The summed E-state index contributed by atoms with van der Waals surface area (Å²) >= 11 is 0. The normalized spacial score (nSPS) is 33.8. The van der Waals surface area contributed by atoms with E-state index < -0.39 is 0 Å². The van der Waals surface area contributed by atoms with Crippen LogP contribution in [0.4, 0.5) is 0 Å². The molecule has 3 saturated carbocycles. The quantitative estimate of drug-likeness (QED) is 0.839. The monoisotopic (exact) mass is 264 g/mol. The zero-order valence-corrected chi connectivity index (χ0v) is 11.5. The molecule has 4 nitrogen and oxygen atoms in total. The summed E-state index contributed by atoms with van der Waals surface area (Å²) < 4.78 is 0. The number of hydrogen-bond donors (Lipinski definition) is 1. The first-order chi connectivity index (χ1) is 9.15. The van der Waals surface area contributed by atoms with Crippen LogP contribution < -0.4 is 5.73 Å². The fraction of sp³-hybridized carbons (Fsp3) is 0.867. The van der Waals surface area contributed by atoms with Crippen molar-refractivity contribution in [3.8, 4) is 0 Å². The van der Waals surface area contributed by atoms with Crippen LogP contribution in [0, 0.1) is 17.8 Å². The molecule has 3 fully saturated rings. The summed E-state index contributed by atoms with van der Waals surface area (Å²) in [5, 5.41) is 0. The molecule has 3 rings (SSSR count). The van der Waals surface area contributed by atoms with E-state index >= 15 is 0 Å². The largest absolute Gasteiger partial charge is 0.368 e. The molecule has 0 aliphatic heterocycles. The van der Waals surface area contributed by atoms with Crippen LogP contribution in [-0.4, -0.2) is 29.3 Å². The number of rotatable bonds is 4. The number of fused-ring (bicyclic) bond motifs is 2. The molecule has 0 heterocycles. The van der Waals surface area contributed by atoms with Gasteiger partial charge in [-0.15, -0.1) is 0 Å². The maximum Gasteiger partial charge on any atom is 0.237 e. The van der Waals surface area contributed by atoms with E-state index in [-0.39, 0.29) is 30.3 Å². The van der Waals surface area contributed by atoms with Gasteiger partial charge in [-0.05, 0) is 43.9 Å². The van der Waals surface area contributed by atoms with Crippen LogP contribution in [0.2, 0.25) is 0 Å². The topological polar surface area (TPSA) is 63.4 Å². The first-order valence-electron chi connectivity index (χ1n) is 7.74. The molecule has 106 valence electrons. The Labute approximate surface area is 114 Å². The van der Waals surface area contributed by atoms with Crippen molar-refractivity contribution in [3.05, 3.63) is 0 Å². The van der Waals surface area contributed by atoms with Crippen molar-refractivity contribution in [2.45, 2.75) is 57.4 Å². The fourth-order valence-corrected chi connectivity index (χ4v) is 4.53. The Hall–Kier alpha value is -1.06. The van der Waals surface area contributed by atoms with E-state index in [4.69, 9.17) is 5.73 Å². The summed E-state index contributed by atoms with van der Waals surface area (Å²) in [6, 6.07) is 0.263. The van der Waals surface area contributed by atoms with Crippen LogP contribution in [-0.2, 0) is 9.59 Å². The Morgan fingerprint density at radius 3 is 2.32 bits per heavy atom. The minimum atomic E-state index is -0.372. The highest BCUT2D eigenvalue weighted by Crippen LogP contribution is 2.49. The first kappa shape index (κ1) is 12.9. The molecule has 3 atom stereocenters. The second-order valence-corrected chi connectivity index (χ2v) is 6.65. The average molecular weight is 264 g/mol. The number of hydrogen-bond acceptors (Lipinski definition) is 2. The zero-order chi connectivity index (χ0) is 13.4. The van der Waals surface area contributed by atoms with Crippen LogP contribution >= 0.6 is 0 Å². The maximum atomic E-state index is 12.8. The smallest absolute Gasteiger partial charge is 0.237 e. The Kier molecular flexibility index (Phi) is 3.50. The first-order valence-corrected chi connectivity index (χ1v) is 7.74. The molecule has 4 heteroatoms. The highest BCUT2D eigenvalue weighted by Gasteiger charge is 2.45. The van der Waals surface area contributed by atoms with Crippen LogP contribution in [0.25, 0.3) is 0 Å². The van der Waals surface area contributed by atoms with Gasteiger partial charge in [0.25, 0.3) is 0 Å². The number of carbonyl (C=O) groups is 2. The SMILES string of the molecule is NC(=O)CN(C(=O)C1CC2CCC1C2)C1CCCC1. The molecule has 0 saturated heterocycles. The molecule has 3 unspecified atom stereocenters. The molecule has 2 bridgehead atoms. The minimum Gasteiger partial charge on any atom is -0.368 e. The van der Waals surface area contributed by atoms with Gasteiger partial charge in [-0.2, -0.15) is 0 Å². The van der Waals surface area contributed by atoms with Gasteiger partial charge in [-0.3, -0.25) is 9.59 Å². The molecule has 3 aliphatic carbocycles. The van der Waals surface area contributed by atoms with Crippen molar-refractivity contribution in [2.75, 3.05) is 6.54 Å². The summed E-state index contributed by atoms with van der Waals surface area (Å²) in [6.45, 7) is 0.122. The number of nitrogens with zero attached hydrogens (tertiary/aromatic N) is 1. The molecular weight excluding hydrogens is 240 g/mol. The van der Waals surface area contributed by atoms with Crippen molar-refractivity contribution in [1.82, 2.24) is 4.90 Å². The van der Waals surface area contributed by atoms with Crippen molar-refractivity contribution in [3.63, 3.8) is 0 Å². The molecule has 2 amide bonds. The molecule has 0 spiro atoms. The standard InChI is InChI=1S/C15H24N2O2/c16-14(18)9-17(12-3-1-2-4-12)15(19)13-8-10-5-6-11(13)7-10/h10-13H,1-9H2,(H2,16,18). The maximum absolute atomic E-state index is 12.8. The Bertz CT molecular complexity index is 376. The van der Waals surface area contributed by atoms with Gasteiger partial charge >= 0.3 is 0 Å². The minimum absolute atomic E-state index is 0.122. The van der Waals surface area contributed by atoms with E-state index in [0.29, 0.717) is 5.92 Å². The van der Waals surface area contributed by atoms with Gasteiger partial charge < -0.3 is 10.6 Å². The van der Waals surface area contributed by atoms with Gasteiger partial charge in [0.05, 0.1) is 6.54 Å². The Balaban J connectivity index is 1.71. The summed E-state index contributed by atoms with van der Waals surface area (Å²) in [6.07, 6.45) is 9.20. The van der Waals surface area contributed by atoms with Crippen molar-refractivity contribution in [1.29, 1.82) is 0 Å². The number of nitrogens with two attached hydrogens (primary N) is 1. The molecular formula is C15H24N2O2. The fourth-order valence-electron chi connectivity index (χ4n) is 4.53. The van der Waals surface area contributed by atoms with Crippen LogP contribution in [0.15, 0.2) is 0 Å². The second kappa shape index (κ2) is 5.14. The third-order valence-electron chi connectivity index (χ3n) is 5.43. The predicted molar refractivity (Wildman–Crippen MR) is 72.1 cm³/mol. The van der Waals surface area contributed by atoms with Gasteiger partial charge in [0, 0.05) is 12.0 Å². The lowest BCUT2D eigenvalue weighted by molar-refractivity contribution is -0.142. The molecule has 0 aromatic carbocycles. The summed E-state index contributed by atoms with van der Waals surface area (Å²) in [7, 11) is 0. The van der Waals surface area contributed by atoms with E-state index in [1.807, 2.05) is 4.90 Å². The second-order valence-electron chi connectivity index (χ2n) is 6.65. The molecule has 3 aliphatic rings.